The molecular weight excluding hydrogens is 184 g/mol. The van der Waals surface area contributed by atoms with Crippen molar-refractivity contribution in [3.8, 4) is 0 Å². The fourth-order valence-corrected chi connectivity index (χ4v) is 1.84. The highest BCUT2D eigenvalue weighted by Gasteiger charge is 2.07. The third kappa shape index (κ3) is 1.53. The van der Waals surface area contributed by atoms with Crippen molar-refractivity contribution in [2.75, 3.05) is 13.1 Å². The number of aromatic nitrogens is 1. The molecule has 1 aromatic heterocycles. The zero-order valence-corrected chi connectivity index (χ0v) is 8.40. The summed E-state index contributed by atoms with van der Waals surface area (Å²) in [4.78, 5) is 4.35. The molecule has 1 N–H and O–H groups in total. The van der Waals surface area contributed by atoms with Gasteiger partial charge in [0.1, 0.15) is 0 Å². The van der Waals surface area contributed by atoms with Crippen molar-refractivity contribution in [3.05, 3.63) is 47.7 Å². The minimum absolute atomic E-state index is 1.02. The second-order valence-electron chi connectivity index (χ2n) is 3.82. The molecule has 0 saturated carbocycles. The Balaban J connectivity index is 2.17. The minimum atomic E-state index is 1.02. The van der Waals surface area contributed by atoms with Crippen molar-refractivity contribution in [3.63, 3.8) is 0 Å². The second-order valence-corrected chi connectivity index (χ2v) is 3.82. The molecule has 1 saturated heterocycles. The Morgan fingerprint density at radius 2 is 2.07 bits per heavy atom. The molecule has 0 amide bonds. The molecule has 1 aliphatic heterocycles. The lowest BCUT2D eigenvalue weighted by Crippen LogP contribution is -2.33. The number of hydrogen-bond donors (Lipinski definition) is 1. The molecule has 3 rings (SSSR count). The van der Waals surface area contributed by atoms with E-state index >= 15 is 0 Å². The van der Waals surface area contributed by atoms with Crippen molar-refractivity contribution in [2.24, 2.45) is 0 Å². The summed E-state index contributed by atoms with van der Waals surface area (Å²) in [6.07, 6.45) is 4.10. The highest BCUT2D eigenvalue weighted by molar-refractivity contribution is 5.88. The van der Waals surface area contributed by atoms with Gasteiger partial charge in [0.05, 0.1) is 5.52 Å². The van der Waals surface area contributed by atoms with Crippen LogP contribution < -0.4 is 5.32 Å². The highest BCUT2D eigenvalue weighted by atomic mass is 14.9. The summed E-state index contributed by atoms with van der Waals surface area (Å²) in [5, 5.41) is 4.48. The smallest absolute Gasteiger partial charge is 0.0707 e. The summed E-state index contributed by atoms with van der Waals surface area (Å²) >= 11 is 0. The molecule has 2 heteroatoms. The van der Waals surface area contributed by atoms with Crippen LogP contribution in [-0.2, 0) is 0 Å². The topological polar surface area (TPSA) is 24.9 Å². The van der Waals surface area contributed by atoms with Gasteiger partial charge in [-0.2, -0.15) is 0 Å². The van der Waals surface area contributed by atoms with Crippen LogP contribution in [0.3, 0.4) is 0 Å². The van der Waals surface area contributed by atoms with Gasteiger partial charge in [0.15, 0.2) is 0 Å². The van der Waals surface area contributed by atoms with Crippen molar-refractivity contribution >= 4 is 17.0 Å². The van der Waals surface area contributed by atoms with Crippen LogP contribution in [0.2, 0.25) is 0 Å². The zero-order chi connectivity index (χ0) is 10.1. The van der Waals surface area contributed by atoms with E-state index in [0.717, 1.165) is 18.6 Å². The molecule has 1 aromatic carbocycles. The zero-order valence-electron chi connectivity index (χ0n) is 8.40. The normalized spacial score (nSPS) is 15.1. The van der Waals surface area contributed by atoms with E-state index < -0.39 is 0 Å². The quantitative estimate of drug-likeness (QED) is 0.756. The van der Waals surface area contributed by atoms with Gasteiger partial charge in [-0.25, -0.2) is 0 Å². The van der Waals surface area contributed by atoms with Crippen LogP contribution in [-0.4, -0.2) is 18.1 Å². The summed E-state index contributed by atoms with van der Waals surface area (Å²) in [6.45, 7) is 2.05. The van der Waals surface area contributed by atoms with E-state index in [1.807, 2.05) is 12.3 Å². The second kappa shape index (κ2) is 3.48. The van der Waals surface area contributed by atoms with Crippen molar-refractivity contribution in [2.45, 2.75) is 0 Å². The third-order valence-electron chi connectivity index (χ3n) is 2.74. The van der Waals surface area contributed by atoms with Gasteiger partial charge in [-0.05, 0) is 23.3 Å². The third-order valence-corrected chi connectivity index (χ3v) is 2.74. The predicted octanol–water partition coefficient (Wildman–Crippen LogP) is 2.22. The summed E-state index contributed by atoms with van der Waals surface area (Å²) in [5.41, 5.74) is 3.81. The van der Waals surface area contributed by atoms with Gasteiger partial charge >= 0.3 is 0 Å². The highest BCUT2D eigenvalue weighted by Crippen LogP contribution is 2.19. The van der Waals surface area contributed by atoms with Crippen molar-refractivity contribution < 1.29 is 0 Å². The predicted molar refractivity (Wildman–Crippen MR) is 62.6 cm³/mol. The molecule has 0 radical (unpaired) electrons. The molecule has 0 unspecified atom stereocenters. The van der Waals surface area contributed by atoms with E-state index in [0.29, 0.717) is 0 Å². The van der Waals surface area contributed by atoms with E-state index in [1.54, 1.807) is 0 Å². The monoisotopic (exact) mass is 196 g/mol. The Labute approximate surface area is 88.6 Å². The molecule has 15 heavy (non-hydrogen) atoms. The fourth-order valence-electron chi connectivity index (χ4n) is 1.84. The molecule has 2 nitrogen and oxygen atoms in total. The number of nitrogens with one attached hydrogen (secondary N) is 1. The number of nitrogens with zero attached hydrogens (tertiary/aromatic N) is 1. The molecule has 0 atom stereocenters. The van der Waals surface area contributed by atoms with Crippen LogP contribution in [0, 0.1) is 0 Å². The van der Waals surface area contributed by atoms with Gasteiger partial charge in [-0.3, -0.25) is 4.98 Å². The van der Waals surface area contributed by atoms with Gasteiger partial charge in [0.2, 0.25) is 0 Å². The largest absolute Gasteiger partial charge is 0.309 e. The number of rotatable bonds is 1. The van der Waals surface area contributed by atoms with Crippen LogP contribution in [0.15, 0.2) is 42.1 Å². The van der Waals surface area contributed by atoms with Crippen LogP contribution in [0.1, 0.15) is 5.56 Å². The SMILES string of the molecule is C(=C1CNC1)c1cccc2ncccc12. The maximum Gasteiger partial charge on any atom is 0.0707 e. The Bertz CT molecular complexity index is 518. The lowest BCUT2D eigenvalue weighted by molar-refractivity contribution is 0.675. The molecule has 0 bridgehead atoms. The van der Waals surface area contributed by atoms with Gasteiger partial charge < -0.3 is 5.32 Å². The number of benzene rings is 1. The average Bonchev–Trinajstić information content (AvgIpc) is 2.23. The first kappa shape index (κ1) is 8.62. The maximum absolute atomic E-state index is 4.35. The summed E-state index contributed by atoms with van der Waals surface area (Å²) in [7, 11) is 0. The summed E-state index contributed by atoms with van der Waals surface area (Å²) < 4.78 is 0. The van der Waals surface area contributed by atoms with Crippen LogP contribution in [0.25, 0.3) is 17.0 Å². The summed E-state index contributed by atoms with van der Waals surface area (Å²) in [5.74, 6) is 0. The first-order chi connectivity index (χ1) is 7.43. The fraction of sp³-hybridized carbons (Fsp3) is 0.154. The van der Waals surface area contributed by atoms with Gasteiger partial charge in [-0.15, -0.1) is 0 Å². The molecule has 1 fully saturated rings. The number of hydrogen-bond acceptors (Lipinski definition) is 2. The molecule has 2 heterocycles. The number of fused-ring (bicyclic) bond motifs is 1. The van der Waals surface area contributed by atoms with Gasteiger partial charge in [0.25, 0.3) is 0 Å². The molecule has 1 aliphatic rings. The van der Waals surface area contributed by atoms with Gasteiger partial charge in [0, 0.05) is 24.7 Å². The molecular formula is C13H12N2. The Morgan fingerprint density at radius 1 is 1.13 bits per heavy atom. The molecule has 0 aliphatic carbocycles. The Hall–Kier alpha value is -1.67. The standard InChI is InChI=1S/C13H12N2/c1-3-11(7-10-8-14-9-10)12-4-2-6-15-13(12)5-1/h1-7,14H,8-9H2. The average molecular weight is 196 g/mol. The Morgan fingerprint density at radius 3 is 2.87 bits per heavy atom. The van der Waals surface area contributed by atoms with E-state index in [-0.39, 0.29) is 0 Å². The van der Waals surface area contributed by atoms with E-state index in [9.17, 15) is 0 Å². The molecule has 74 valence electrons. The van der Waals surface area contributed by atoms with E-state index in [2.05, 4.69) is 40.6 Å². The Kier molecular flexibility index (Phi) is 2.00. The molecule has 0 spiro atoms. The van der Waals surface area contributed by atoms with Gasteiger partial charge in [-0.1, -0.05) is 24.3 Å². The van der Waals surface area contributed by atoms with Crippen molar-refractivity contribution in [1.82, 2.24) is 10.3 Å². The lowest BCUT2D eigenvalue weighted by Gasteiger charge is -2.18. The maximum atomic E-state index is 4.35. The van der Waals surface area contributed by atoms with Crippen LogP contribution in [0.4, 0.5) is 0 Å². The first-order valence-electron chi connectivity index (χ1n) is 5.17. The summed E-state index contributed by atoms with van der Waals surface area (Å²) in [6, 6.07) is 10.4. The van der Waals surface area contributed by atoms with Crippen LogP contribution >= 0.6 is 0 Å². The molecule has 2 aromatic rings. The first-order valence-corrected chi connectivity index (χ1v) is 5.17. The minimum Gasteiger partial charge on any atom is -0.309 e. The van der Waals surface area contributed by atoms with E-state index in [4.69, 9.17) is 0 Å². The lowest BCUT2D eigenvalue weighted by atomic mass is 10.0. The number of pyridine rings is 1. The van der Waals surface area contributed by atoms with Crippen molar-refractivity contribution in [1.29, 1.82) is 0 Å². The van der Waals surface area contributed by atoms with Crippen LogP contribution in [0.5, 0.6) is 0 Å². The van der Waals surface area contributed by atoms with E-state index in [1.165, 1.54) is 16.5 Å².